The molecule has 0 fully saturated rings. The highest BCUT2D eigenvalue weighted by molar-refractivity contribution is 7.92. The van der Waals surface area contributed by atoms with Gasteiger partial charge in [-0.05, 0) is 60.0 Å². The van der Waals surface area contributed by atoms with Gasteiger partial charge in [0.2, 0.25) is 0 Å². The number of fused-ring (bicyclic) bond motifs is 1. The molecule has 4 rings (SSSR count). The van der Waals surface area contributed by atoms with E-state index >= 15 is 0 Å². The molecule has 0 aliphatic rings. The van der Waals surface area contributed by atoms with Gasteiger partial charge in [-0.1, -0.05) is 11.6 Å². The van der Waals surface area contributed by atoms with Gasteiger partial charge in [-0.15, -0.1) is 11.3 Å². The van der Waals surface area contributed by atoms with Crippen LogP contribution in [-0.2, 0) is 10.0 Å². The number of carbonyl (C=O) groups is 1. The molecule has 2 heterocycles. The molecular weight excluding hydrogens is 560 g/mol. The van der Waals surface area contributed by atoms with E-state index in [1.54, 1.807) is 0 Å². The van der Waals surface area contributed by atoms with E-state index in [2.05, 4.69) is 5.32 Å². The fraction of sp³-hybridized carbons (Fsp3) is 0.0909. The van der Waals surface area contributed by atoms with Gasteiger partial charge in [0, 0.05) is 17.6 Å². The monoisotopic (exact) mass is 574 g/mol. The summed E-state index contributed by atoms with van der Waals surface area (Å²) in [6.45, 7) is -1.43. The summed E-state index contributed by atoms with van der Waals surface area (Å²) in [5, 5.41) is 4.49. The van der Waals surface area contributed by atoms with E-state index in [1.807, 2.05) is 10.0 Å². The number of hydrogen-bond acceptors (Lipinski definition) is 6. The van der Waals surface area contributed by atoms with Crippen molar-refractivity contribution in [2.24, 2.45) is 0 Å². The van der Waals surface area contributed by atoms with Crippen LogP contribution in [0.2, 0.25) is 4.34 Å². The van der Waals surface area contributed by atoms with Gasteiger partial charge >= 0.3 is 12.2 Å². The van der Waals surface area contributed by atoms with Crippen LogP contribution in [0, 0.1) is 5.82 Å². The molecular formula is C22H15ClF4N4O4S2. The van der Waals surface area contributed by atoms with Gasteiger partial charge in [-0.2, -0.15) is 13.2 Å². The van der Waals surface area contributed by atoms with Crippen molar-refractivity contribution in [1.82, 2.24) is 9.29 Å². The summed E-state index contributed by atoms with van der Waals surface area (Å²) in [6.07, 6.45) is -3.18. The van der Waals surface area contributed by atoms with Crippen molar-refractivity contribution in [2.75, 3.05) is 17.2 Å². The van der Waals surface area contributed by atoms with Gasteiger partial charge in [0.1, 0.15) is 16.6 Å². The molecule has 8 nitrogen and oxygen atoms in total. The largest absolute Gasteiger partial charge is 0.405 e. The molecule has 3 N–H and O–H groups in total. The smallest absolute Gasteiger partial charge is 0.374 e. The minimum Gasteiger partial charge on any atom is -0.374 e. The van der Waals surface area contributed by atoms with Crippen molar-refractivity contribution >= 4 is 61.1 Å². The second-order valence-electron chi connectivity index (χ2n) is 7.54. The quantitative estimate of drug-likeness (QED) is 0.270. The highest BCUT2D eigenvalue weighted by Crippen LogP contribution is 2.26. The van der Waals surface area contributed by atoms with Gasteiger partial charge in [0.05, 0.1) is 15.4 Å². The van der Waals surface area contributed by atoms with E-state index in [0.717, 1.165) is 23.5 Å². The third-order valence-electron chi connectivity index (χ3n) is 4.91. The first-order valence-corrected chi connectivity index (χ1v) is 12.9. The van der Waals surface area contributed by atoms with E-state index in [1.165, 1.54) is 53.2 Å². The Labute approximate surface area is 215 Å². The molecule has 0 radical (unpaired) electrons. The first-order valence-electron chi connectivity index (χ1n) is 10.2. The van der Waals surface area contributed by atoms with Gasteiger partial charge in [-0.3, -0.25) is 9.36 Å². The molecule has 15 heteroatoms. The zero-order chi connectivity index (χ0) is 27.0. The van der Waals surface area contributed by atoms with Crippen LogP contribution in [0.1, 0.15) is 0 Å². The number of nitrogens with one attached hydrogen (secondary N) is 3. The number of aromatic nitrogens is 1. The zero-order valence-corrected chi connectivity index (χ0v) is 20.7. The SMILES string of the molecule is O=C(Nc1ccc(-n2ccc3cc(NCC(F)(F)F)c(F)cc3c2=O)cc1)NS(=O)(=O)c1ccc(Cl)s1. The van der Waals surface area contributed by atoms with Crippen molar-refractivity contribution in [3.8, 4) is 5.69 Å². The molecule has 4 aromatic rings. The molecule has 2 aromatic heterocycles. The van der Waals surface area contributed by atoms with Crippen molar-refractivity contribution in [3.05, 3.63) is 81.3 Å². The summed E-state index contributed by atoms with van der Waals surface area (Å²) < 4.78 is 79.2. The van der Waals surface area contributed by atoms with Crippen LogP contribution >= 0.6 is 22.9 Å². The number of anilines is 2. The molecule has 0 aliphatic heterocycles. The third kappa shape index (κ3) is 6.21. The highest BCUT2D eigenvalue weighted by atomic mass is 35.5. The molecule has 0 aliphatic carbocycles. The molecule has 37 heavy (non-hydrogen) atoms. The number of benzene rings is 2. The lowest BCUT2D eigenvalue weighted by atomic mass is 10.1. The summed E-state index contributed by atoms with van der Waals surface area (Å²) in [7, 11) is -4.12. The van der Waals surface area contributed by atoms with Crippen molar-refractivity contribution < 1.29 is 30.8 Å². The minimum atomic E-state index is -4.54. The Hall–Kier alpha value is -3.62. The number of sulfonamides is 1. The van der Waals surface area contributed by atoms with E-state index in [-0.39, 0.29) is 30.7 Å². The second kappa shape index (κ2) is 10.0. The van der Waals surface area contributed by atoms with Crippen LogP contribution in [0.5, 0.6) is 0 Å². The van der Waals surface area contributed by atoms with E-state index in [4.69, 9.17) is 11.6 Å². The lowest BCUT2D eigenvalue weighted by Gasteiger charge is -2.13. The maximum Gasteiger partial charge on any atom is 0.405 e. The number of thiophene rings is 1. The van der Waals surface area contributed by atoms with E-state index in [0.29, 0.717) is 5.69 Å². The van der Waals surface area contributed by atoms with Crippen molar-refractivity contribution in [2.45, 2.75) is 10.4 Å². The first-order chi connectivity index (χ1) is 17.3. The van der Waals surface area contributed by atoms with Crippen LogP contribution in [-0.4, -0.2) is 31.7 Å². The first kappa shape index (κ1) is 26.4. The van der Waals surface area contributed by atoms with Gasteiger partial charge in [0.15, 0.2) is 0 Å². The predicted octanol–water partition coefficient (Wildman–Crippen LogP) is 5.33. The number of pyridine rings is 1. The fourth-order valence-corrected chi connectivity index (χ4v) is 5.67. The molecule has 2 aromatic carbocycles. The molecule has 0 atom stereocenters. The Morgan fingerprint density at radius 3 is 2.38 bits per heavy atom. The van der Waals surface area contributed by atoms with Gasteiger partial charge < -0.3 is 10.6 Å². The summed E-state index contributed by atoms with van der Waals surface area (Å²) in [5.74, 6) is -1.02. The Morgan fingerprint density at radius 2 is 1.76 bits per heavy atom. The number of carbonyl (C=O) groups excluding carboxylic acids is 1. The molecule has 0 bridgehead atoms. The number of amides is 2. The maximum atomic E-state index is 14.3. The highest BCUT2D eigenvalue weighted by Gasteiger charge is 2.27. The summed E-state index contributed by atoms with van der Waals surface area (Å²) >= 11 is 6.51. The predicted molar refractivity (Wildman–Crippen MR) is 133 cm³/mol. The number of hydrogen-bond donors (Lipinski definition) is 3. The number of rotatable bonds is 6. The normalized spacial score (nSPS) is 11.9. The number of urea groups is 1. The number of nitrogens with zero attached hydrogens (tertiary/aromatic N) is 1. The lowest BCUT2D eigenvalue weighted by Crippen LogP contribution is -2.33. The molecule has 0 saturated carbocycles. The number of alkyl halides is 3. The summed E-state index contributed by atoms with van der Waals surface area (Å²) in [6, 6.07) is 10.7. The van der Waals surface area contributed by atoms with Crippen LogP contribution < -0.4 is 20.9 Å². The topological polar surface area (TPSA) is 109 Å². The average Bonchev–Trinajstić information content (AvgIpc) is 3.26. The molecule has 0 unspecified atom stereocenters. The van der Waals surface area contributed by atoms with Crippen molar-refractivity contribution in [3.63, 3.8) is 0 Å². The lowest BCUT2D eigenvalue weighted by molar-refractivity contribution is -0.115. The van der Waals surface area contributed by atoms with Gasteiger partial charge in [0.25, 0.3) is 15.6 Å². The average molecular weight is 575 g/mol. The maximum absolute atomic E-state index is 14.3. The second-order valence-corrected chi connectivity index (χ2v) is 11.2. The Morgan fingerprint density at radius 1 is 1.05 bits per heavy atom. The zero-order valence-electron chi connectivity index (χ0n) is 18.3. The molecule has 2 amide bonds. The molecule has 0 saturated heterocycles. The Bertz CT molecular complexity index is 1650. The van der Waals surface area contributed by atoms with Crippen LogP contribution in [0.25, 0.3) is 16.5 Å². The van der Waals surface area contributed by atoms with Crippen LogP contribution in [0.15, 0.2) is 69.8 Å². The number of halogens is 5. The standard InChI is InChI=1S/C22H15ClF4N4O4S2/c23-18-5-6-19(36-18)37(34,35)30-21(33)29-13-1-3-14(4-2-13)31-8-7-12-9-17(28-11-22(25,26)27)16(24)10-15(12)20(31)32/h1-10,28H,11H2,(H2,29,30,33). The molecule has 194 valence electrons. The Balaban J connectivity index is 1.51. The van der Waals surface area contributed by atoms with Crippen LogP contribution in [0.3, 0.4) is 0 Å². The van der Waals surface area contributed by atoms with E-state index in [9.17, 15) is 35.6 Å². The van der Waals surface area contributed by atoms with E-state index < -0.39 is 40.2 Å². The minimum absolute atomic E-state index is 0.0574. The Kier molecular flexibility index (Phi) is 7.17. The van der Waals surface area contributed by atoms with Crippen molar-refractivity contribution in [1.29, 1.82) is 0 Å². The van der Waals surface area contributed by atoms with Crippen LogP contribution in [0.4, 0.5) is 33.7 Å². The van der Waals surface area contributed by atoms with Gasteiger partial charge in [-0.25, -0.2) is 22.3 Å². The summed E-state index contributed by atoms with van der Waals surface area (Å²) in [5.41, 5.74) is -0.475. The third-order valence-corrected chi connectivity index (χ3v) is 7.97. The summed E-state index contributed by atoms with van der Waals surface area (Å²) in [4.78, 5) is 25.0. The fourth-order valence-electron chi connectivity index (χ4n) is 3.28. The molecule has 0 spiro atoms.